The second-order valence-corrected chi connectivity index (χ2v) is 9.08. The van der Waals surface area contributed by atoms with Crippen LogP contribution in [0.1, 0.15) is 12.6 Å². The summed E-state index contributed by atoms with van der Waals surface area (Å²) in [6.45, 7) is 3.85. The smallest absolute Gasteiger partial charge is 0.321 e. The number of isocyanates is 1. The first-order valence-corrected chi connectivity index (χ1v) is 11.3. The van der Waals surface area contributed by atoms with Crippen LogP contribution in [0.4, 0.5) is 9.93 Å². The molecule has 1 heterocycles. The summed E-state index contributed by atoms with van der Waals surface area (Å²) < 4.78 is 27.2. The Balaban J connectivity index is 2.33. The van der Waals surface area contributed by atoms with Gasteiger partial charge in [-0.15, -0.1) is 0 Å². The van der Waals surface area contributed by atoms with Crippen molar-refractivity contribution in [3.63, 3.8) is 0 Å². The van der Waals surface area contributed by atoms with E-state index in [1.807, 2.05) is 0 Å². The fourth-order valence-corrected chi connectivity index (χ4v) is 5.50. The van der Waals surface area contributed by atoms with Gasteiger partial charge in [-0.25, -0.2) is 32.7 Å². The summed E-state index contributed by atoms with van der Waals surface area (Å²) in [4.78, 5) is 29.7. The van der Waals surface area contributed by atoms with E-state index < -0.39 is 10.0 Å². The van der Waals surface area contributed by atoms with Crippen molar-refractivity contribution in [1.82, 2.24) is 15.0 Å². The van der Waals surface area contributed by atoms with E-state index in [0.717, 1.165) is 0 Å². The molecule has 29 heavy (non-hydrogen) atoms. The minimum Gasteiger partial charge on any atom is -0.338 e. The highest BCUT2D eigenvalue weighted by molar-refractivity contribution is 7.89. The third kappa shape index (κ3) is 5.99. The number of thiazole rings is 1. The average molecular weight is 478 g/mol. The van der Waals surface area contributed by atoms with E-state index in [9.17, 15) is 18.0 Å². The summed E-state index contributed by atoms with van der Waals surface area (Å²) in [6.07, 6.45) is 1.32. The lowest BCUT2D eigenvalue weighted by molar-refractivity contribution is 0.252. The summed E-state index contributed by atoms with van der Waals surface area (Å²) >= 11 is 13.6. The largest absolute Gasteiger partial charge is 0.338 e. The van der Waals surface area contributed by atoms with Crippen molar-refractivity contribution >= 4 is 61.8 Å². The number of hydrogen-bond donors (Lipinski definition) is 3. The van der Waals surface area contributed by atoms with Crippen LogP contribution >= 0.6 is 34.5 Å². The van der Waals surface area contributed by atoms with Crippen molar-refractivity contribution in [2.24, 2.45) is 4.99 Å². The molecule has 0 saturated heterocycles. The molecular formula is C16H17Cl2N5O4S2. The fraction of sp³-hybridized carbons (Fsp3) is 0.312. The topological polar surface area (TPSA) is 130 Å². The molecule has 0 saturated carbocycles. The van der Waals surface area contributed by atoms with Crippen molar-refractivity contribution in [2.75, 3.05) is 25.0 Å². The van der Waals surface area contributed by atoms with Gasteiger partial charge in [-0.05, 0) is 31.5 Å². The zero-order valence-electron chi connectivity index (χ0n) is 15.4. The highest BCUT2D eigenvalue weighted by Gasteiger charge is 2.23. The Kier molecular flexibility index (Phi) is 8.14. The molecule has 3 N–H and O–H groups in total. The van der Waals surface area contributed by atoms with E-state index in [4.69, 9.17) is 23.2 Å². The summed E-state index contributed by atoms with van der Waals surface area (Å²) in [5, 5.41) is 5.45. The predicted molar refractivity (Wildman–Crippen MR) is 113 cm³/mol. The Morgan fingerprint density at radius 3 is 2.55 bits per heavy atom. The molecule has 9 nitrogen and oxygen atoms in total. The molecule has 0 atom stereocenters. The monoisotopic (exact) mass is 477 g/mol. The van der Waals surface area contributed by atoms with Gasteiger partial charge in [0.05, 0.1) is 27.2 Å². The summed E-state index contributed by atoms with van der Waals surface area (Å²) in [5.41, 5.74) is 1.18. The van der Waals surface area contributed by atoms with Gasteiger partial charge in [0.25, 0.3) is 0 Å². The minimum atomic E-state index is -4.01. The number of anilines is 1. The first-order valence-electron chi connectivity index (χ1n) is 8.24. The molecule has 2 amide bonds. The quantitative estimate of drug-likeness (QED) is 0.305. The van der Waals surface area contributed by atoms with Gasteiger partial charge in [0.1, 0.15) is 4.90 Å². The molecule has 0 bridgehead atoms. The number of hydrogen-bond acceptors (Lipinski definition) is 7. The van der Waals surface area contributed by atoms with E-state index in [0.29, 0.717) is 27.8 Å². The number of carbonyl (C=O) groups excluding carboxylic acids is 2. The van der Waals surface area contributed by atoms with Gasteiger partial charge in [0, 0.05) is 13.1 Å². The molecule has 156 valence electrons. The molecule has 0 spiro atoms. The number of carbonyl (C=O) groups is 1. The van der Waals surface area contributed by atoms with Crippen LogP contribution in [0.15, 0.2) is 22.0 Å². The lowest BCUT2D eigenvalue weighted by atomic mass is 10.1. The Labute approximate surface area is 181 Å². The van der Waals surface area contributed by atoms with Gasteiger partial charge in [0.2, 0.25) is 16.1 Å². The van der Waals surface area contributed by atoms with E-state index >= 15 is 0 Å². The van der Waals surface area contributed by atoms with Crippen LogP contribution in [0.2, 0.25) is 10.0 Å². The summed E-state index contributed by atoms with van der Waals surface area (Å²) in [5.74, 6) is 0. The van der Waals surface area contributed by atoms with Crippen LogP contribution in [0.3, 0.4) is 0 Å². The first-order chi connectivity index (χ1) is 13.7. The van der Waals surface area contributed by atoms with Crippen LogP contribution < -0.4 is 15.4 Å². The Morgan fingerprint density at radius 2 is 1.97 bits per heavy atom. The number of aromatic nitrogens is 1. The van der Waals surface area contributed by atoms with Crippen molar-refractivity contribution in [2.45, 2.75) is 18.7 Å². The fourth-order valence-electron chi connectivity index (χ4n) is 2.32. The number of aliphatic imine (C=N–C) groups is 1. The SMILES string of the molecule is CCNC(=O)Nc1nc(C)c(-c2cc(Cl)c(S(=O)(=O)NCCN=C=O)c(Cl)c2)s1. The van der Waals surface area contributed by atoms with Crippen molar-refractivity contribution in [1.29, 1.82) is 0 Å². The molecule has 0 aliphatic carbocycles. The van der Waals surface area contributed by atoms with Crippen molar-refractivity contribution < 1.29 is 18.0 Å². The molecule has 0 radical (unpaired) electrons. The van der Waals surface area contributed by atoms with Crippen LogP contribution in [0.25, 0.3) is 10.4 Å². The number of aryl methyl sites for hydroxylation is 1. The van der Waals surface area contributed by atoms with Crippen LogP contribution in [-0.2, 0) is 14.8 Å². The number of benzene rings is 1. The highest BCUT2D eigenvalue weighted by atomic mass is 35.5. The molecule has 0 aliphatic heterocycles. The predicted octanol–water partition coefficient (Wildman–Crippen LogP) is 3.18. The molecule has 2 aromatic rings. The number of sulfonamides is 1. The number of halogens is 2. The van der Waals surface area contributed by atoms with E-state index in [1.54, 1.807) is 13.8 Å². The Morgan fingerprint density at radius 1 is 1.31 bits per heavy atom. The van der Waals surface area contributed by atoms with E-state index in [-0.39, 0.29) is 34.1 Å². The number of urea groups is 1. The molecule has 0 aliphatic rings. The zero-order chi connectivity index (χ0) is 21.6. The molecule has 2 rings (SSSR count). The number of rotatable bonds is 8. The van der Waals surface area contributed by atoms with E-state index in [1.165, 1.54) is 29.5 Å². The molecule has 1 aromatic heterocycles. The first kappa shape index (κ1) is 23.3. The second-order valence-electron chi connectivity index (χ2n) is 5.56. The van der Waals surface area contributed by atoms with Gasteiger partial charge in [-0.3, -0.25) is 5.32 Å². The number of amides is 2. The van der Waals surface area contributed by atoms with Crippen molar-refractivity contribution in [3.8, 4) is 10.4 Å². The zero-order valence-corrected chi connectivity index (χ0v) is 18.5. The Hall–Kier alpha value is -2.01. The minimum absolute atomic E-state index is 0.0580. The maximum atomic E-state index is 12.5. The lowest BCUT2D eigenvalue weighted by Gasteiger charge is -2.11. The lowest BCUT2D eigenvalue weighted by Crippen LogP contribution is -2.28. The van der Waals surface area contributed by atoms with Crippen molar-refractivity contribution in [3.05, 3.63) is 27.9 Å². The number of nitrogens with zero attached hydrogens (tertiary/aromatic N) is 2. The Bertz CT molecular complexity index is 1040. The van der Waals surface area contributed by atoms with Gasteiger partial charge in [0.15, 0.2) is 5.13 Å². The van der Waals surface area contributed by atoms with Gasteiger partial charge < -0.3 is 5.32 Å². The second kappa shape index (κ2) is 10.1. The van der Waals surface area contributed by atoms with Gasteiger partial charge in [-0.2, -0.15) is 0 Å². The van der Waals surface area contributed by atoms with Crippen LogP contribution in [-0.4, -0.2) is 45.1 Å². The maximum absolute atomic E-state index is 12.5. The third-order valence-corrected chi connectivity index (χ3v) is 6.97. The molecule has 0 fully saturated rings. The van der Waals surface area contributed by atoms with Gasteiger partial charge in [-0.1, -0.05) is 34.5 Å². The van der Waals surface area contributed by atoms with Crippen LogP contribution in [0, 0.1) is 6.92 Å². The average Bonchev–Trinajstić information content (AvgIpc) is 2.98. The van der Waals surface area contributed by atoms with Gasteiger partial charge >= 0.3 is 6.03 Å². The summed E-state index contributed by atoms with van der Waals surface area (Å²) in [7, 11) is -4.01. The third-order valence-electron chi connectivity index (χ3n) is 3.46. The maximum Gasteiger partial charge on any atom is 0.321 e. The molecule has 0 unspecified atom stereocenters. The molecule has 1 aromatic carbocycles. The standard InChI is InChI=1S/C16H17Cl2N5O4S2/c1-3-20-15(25)23-16-22-9(2)13(28-16)10-6-11(17)14(12(18)7-10)29(26,27)21-5-4-19-8-24/h6-7,21H,3-5H2,1-2H3,(H2,20,22,23,25). The van der Waals surface area contributed by atoms with E-state index in [2.05, 4.69) is 25.3 Å². The van der Waals surface area contributed by atoms with Crippen LogP contribution in [0.5, 0.6) is 0 Å². The molecule has 13 heteroatoms. The summed E-state index contributed by atoms with van der Waals surface area (Å²) in [6, 6.07) is 2.54. The normalized spacial score (nSPS) is 11.0. The molecular weight excluding hydrogens is 461 g/mol. The highest BCUT2D eigenvalue weighted by Crippen LogP contribution is 2.39. The number of nitrogens with one attached hydrogen (secondary N) is 3.